The molecule has 1 rings (SSSR count). The van der Waals surface area contributed by atoms with Crippen molar-refractivity contribution < 1.29 is 14.7 Å². The minimum absolute atomic E-state index is 0.0284. The quantitative estimate of drug-likeness (QED) is 0.778. The first-order valence-corrected chi connectivity index (χ1v) is 6.33. The third kappa shape index (κ3) is 3.83. The number of carbonyl (C=O) groups excluding carboxylic acids is 1. The van der Waals surface area contributed by atoms with Gasteiger partial charge in [-0.25, -0.2) is 4.79 Å². The van der Waals surface area contributed by atoms with E-state index in [4.69, 9.17) is 5.11 Å². The number of carboxylic acids is 1. The number of hydrogen-bond acceptors (Lipinski definition) is 2. The van der Waals surface area contributed by atoms with E-state index in [0.29, 0.717) is 12.3 Å². The maximum absolute atomic E-state index is 11.6. The largest absolute Gasteiger partial charge is 0.478 e. The molecule has 0 fully saturated rings. The maximum atomic E-state index is 11.6. The molecule has 1 aliphatic carbocycles. The molecule has 0 spiro atoms. The Balaban J connectivity index is 2.74. The Hall–Kier alpha value is -1.38. The minimum atomic E-state index is -0.891. The number of carboxylic acid groups (broad SMARTS) is 1. The van der Waals surface area contributed by atoms with Crippen LogP contribution in [-0.4, -0.2) is 16.9 Å². The van der Waals surface area contributed by atoms with Crippen molar-refractivity contribution in [1.82, 2.24) is 0 Å². The predicted molar refractivity (Wildman–Crippen MR) is 71.3 cm³/mol. The predicted octanol–water partition coefficient (Wildman–Crippen LogP) is 3.36. The van der Waals surface area contributed by atoms with Crippen molar-refractivity contribution >= 4 is 11.8 Å². The van der Waals surface area contributed by atoms with Gasteiger partial charge in [0.25, 0.3) is 0 Å². The molecule has 0 aromatic carbocycles. The van der Waals surface area contributed by atoms with Gasteiger partial charge < -0.3 is 5.11 Å². The topological polar surface area (TPSA) is 54.4 Å². The van der Waals surface area contributed by atoms with Crippen LogP contribution in [0.15, 0.2) is 23.3 Å². The van der Waals surface area contributed by atoms with Crippen molar-refractivity contribution in [2.75, 3.05) is 0 Å². The van der Waals surface area contributed by atoms with E-state index in [2.05, 4.69) is 13.8 Å². The van der Waals surface area contributed by atoms with Gasteiger partial charge in [0, 0.05) is 12.5 Å². The van der Waals surface area contributed by atoms with Crippen LogP contribution < -0.4 is 0 Å². The fourth-order valence-electron chi connectivity index (χ4n) is 2.87. The van der Waals surface area contributed by atoms with Crippen LogP contribution in [0, 0.1) is 11.3 Å². The number of aliphatic carboxylic acids is 1. The van der Waals surface area contributed by atoms with E-state index in [1.54, 1.807) is 6.08 Å². The Kier molecular flexibility index (Phi) is 4.49. The molecule has 0 saturated heterocycles. The van der Waals surface area contributed by atoms with E-state index in [9.17, 15) is 9.59 Å². The number of ketones is 1. The zero-order valence-corrected chi connectivity index (χ0v) is 11.6. The lowest BCUT2D eigenvalue weighted by molar-refractivity contribution is -0.131. The summed E-state index contributed by atoms with van der Waals surface area (Å²) in [6, 6.07) is 0. The van der Waals surface area contributed by atoms with Crippen molar-refractivity contribution in [2.24, 2.45) is 11.3 Å². The molecule has 0 aliphatic heterocycles. The monoisotopic (exact) mass is 250 g/mol. The molecule has 0 radical (unpaired) electrons. The molecule has 1 aliphatic rings. The van der Waals surface area contributed by atoms with Gasteiger partial charge in [0.2, 0.25) is 0 Å². The average molecular weight is 250 g/mol. The number of allylic oxidation sites excluding steroid dienone is 3. The minimum Gasteiger partial charge on any atom is -0.478 e. The first-order valence-electron chi connectivity index (χ1n) is 6.33. The van der Waals surface area contributed by atoms with Crippen molar-refractivity contribution in [3.05, 3.63) is 23.3 Å². The normalized spacial score (nSPS) is 23.8. The SMILES string of the molecule is CC(=CC(=O)O)CCC1C(C)=CC(=O)CC1(C)C. The second-order valence-electron chi connectivity index (χ2n) is 5.94. The average Bonchev–Trinajstić information content (AvgIpc) is 2.12. The third-order valence-corrected chi connectivity index (χ3v) is 3.71. The van der Waals surface area contributed by atoms with Gasteiger partial charge in [-0.1, -0.05) is 25.0 Å². The van der Waals surface area contributed by atoms with E-state index in [1.807, 2.05) is 13.8 Å². The van der Waals surface area contributed by atoms with E-state index >= 15 is 0 Å². The summed E-state index contributed by atoms with van der Waals surface area (Å²) in [6.45, 7) is 8.07. The Labute approximate surface area is 109 Å². The molecule has 1 N–H and O–H groups in total. The van der Waals surface area contributed by atoms with Gasteiger partial charge in [-0.3, -0.25) is 4.79 Å². The summed E-state index contributed by atoms with van der Waals surface area (Å²) >= 11 is 0. The highest BCUT2D eigenvalue weighted by molar-refractivity contribution is 5.92. The smallest absolute Gasteiger partial charge is 0.328 e. The Bertz CT molecular complexity index is 413. The van der Waals surface area contributed by atoms with Crippen molar-refractivity contribution in [2.45, 2.75) is 47.0 Å². The van der Waals surface area contributed by atoms with Crippen molar-refractivity contribution in [3.63, 3.8) is 0 Å². The van der Waals surface area contributed by atoms with Crippen molar-refractivity contribution in [1.29, 1.82) is 0 Å². The molecular formula is C15H22O3. The van der Waals surface area contributed by atoms with E-state index in [-0.39, 0.29) is 11.2 Å². The lowest BCUT2D eigenvalue weighted by Gasteiger charge is -2.37. The summed E-state index contributed by atoms with van der Waals surface area (Å²) < 4.78 is 0. The zero-order valence-electron chi connectivity index (χ0n) is 11.6. The summed E-state index contributed by atoms with van der Waals surface area (Å²) in [5, 5.41) is 8.68. The number of carbonyl (C=O) groups is 2. The standard InChI is InChI=1S/C15H22O3/c1-10(7-14(17)18)5-6-13-11(2)8-12(16)9-15(13,3)4/h7-8,13H,5-6,9H2,1-4H3,(H,17,18). The Morgan fingerprint density at radius 3 is 2.67 bits per heavy atom. The van der Waals surface area contributed by atoms with Gasteiger partial charge in [-0.2, -0.15) is 0 Å². The molecule has 0 aromatic rings. The molecule has 18 heavy (non-hydrogen) atoms. The van der Waals surface area contributed by atoms with Gasteiger partial charge in [0.05, 0.1) is 0 Å². The van der Waals surface area contributed by atoms with Crippen LogP contribution in [0.4, 0.5) is 0 Å². The summed E-state index contributed by atoms with van der Waals surface area (Å²) in [6.07, 6.45) is 5.25. The maximum Gasteiger partial charge on any atom is 0.328 e. The van der Waals surface area contributed by atoms with E-state index in [0.717, 1.165) is 24.0 Å². The van der Waals surface area contributed by atoms with Gasteiger partial charge in [0.15, 0.2) is 5.78 Å². The van der Waals surface area contributed by atoms with Crippen LogP contribution in [0.25, 0.3) is 0 Å². The molecule has 3 heteroatoms. The molecular weight excluding hydrogens is 228 g/mol. The van der Waals surface area contributed by atoms with Crippen LogP contribution in [0.3, 0.4) is 0 Å². The highest BCUT2D eigenvalue weighted by atomic mass is 16.4. The summed E-state index contributed by atoms with van der Waals surface area (Å²) in [4.78, 5) is 22.1. The Morgan fingerprint density at radius 1 is 1.56 bits per heavy atom. The fourth-order valence-corrected chi connectivity index (χ4v) is 2.87. The first-order chi connectivity index (χ1) is 8.22. The lowest BCUT2D eigenvalue weighted by Crippen LogP contribution is -2.31. The second-order valence-corrected chi connectivity index (χ2v) is 5.94. The summed E-state index contributed by atoms with van der Waals surface area (Å²) in [5.74, 6) is -0.336. The molecule has 1 unspecified atom stereocenters. The molecule has 0 saturated carbocycles. The molecule has 1 atom stereocenters. The zero-order chi connectivity index (χ0) is 13.9. The highest BCUT2D eigenvalue weighted by Crippen LogP contribution is 2.42. The van der Waals surface area contributed by atoms with Crippen molar-refractivity contribution in [3.8, 4) is 0 Å². The van der Waals surface area contributed by atoms with Crippen LogP contribution in [0.1, 0.15) is 47.0 Å². The first kappa shape index (κ1) is 14.7. The molecule has 3 nitrogen and oxygen atoms in total. The van der Waals surface area contributed by atoms with Crippen LogP contribution in [0.5, 0.6) is 0 Å². The van der Waals surface area contributed by atoms with Crippen LogP contribution >= 0.6 is 0 Å². The summed E-state index contributed by atoms with van der Waals surface area (Å²) in [5.41, 5.74) is 1.97. The summed E-state index contributed by atoms with van der Waals surface area (Å²) in [7, 11) is 0. The van der Waals surface area contributed by atoms with Gasteiger partial charge in [-0.15, -0.1) is 0 Å². The van der Waals surface area contributed by atoms with E-state index in [1.165, 1.54) is 6.08 Å². The molecule has 0 amide bonds. The molecule has 0 aromatic heterocycles. The fraction of sp³-hybridized carbons (Fsp3) is 0.600. The Morgan fingerprint density at radius 2 is 2.17 bits per heavy atom. The third-order valence-electron chi connectivity index (χ3n) is 3.71. The van der Waals surface area contributed by atoms with E-state index < -0.39 is 5.97 Å². The highest BCUT2D eigenvalue weighted by Gasteiger charge is 2.35. The second kappa shape index (κ2) is 5.51. The molecule has 0 heterocycles. The van der Waals surface area contributed by atoms with Gasteiger partial charge in [0.1, 0.15) is 0 Å². The van der Waals surface area contributed by atoms with Gasteiger partial charge >= 0.3 is 5.97 Å². The lowest BCUT2D eigenvalue weighted by atomic mass is 9.66. The number of hydrogen-bond donors (Lipinski definition) is 1. The van der Waals surface area contributed by atoms with Crippen LogP contribution in [0.2, 0.25) is 0 Å². The van der Waals surface area contributed by atoms with Crippen LogP contribution in [-0.2, 0) is 9.59 Å². The van der Waals surface area contributed by atoms with Gasteiger partial charge in [-0.05, 0) is 44.1 Å². The number of rotatable bonds is 4. The molecule has 100 valence electrons. The molecule has 0 bridgehead atoms.